The molecule has 1 fully saturated rings. The summed E-state index contributed by atoms with van der Waals surface area (Å²) in [7, 11) is 0. The van der Waals surface area contributed by atoms with E-state index in [9.17, 15) is 4.79 Å². The molecule has 2 rings (SSSR count). The predicted octanol–water partition coefficient (Wildman–Crippen LogP) is 2.41. The van der Waals surface area contributed by atoms with Gasteiger partial charge in [0, 0.05) is 6.42 Å². The number of ether oxygens (including phenoxy) is 1. The monoisotopic (exact) mass is 188 g/mol. The summed E-state index contributed by atoms with van der Waals surface area (Å²) in [4.78, 5) is 11.1. The lowest BCUT2D eigenvalue weighted by Gasteiger charge is -2.14. The number of benzene rings is 1. The number of carbonyl (C=O) groups is 1. The average molecular weight is 188 g/mol. The molecule has 1 aliphatic heterocycles. The number of ketones is 1. The minimum absolute atomic E-state index is 0.262. The van der Waals surface area contributed by atoms with Crippen molar-refractivity contribution in [1.29, 1.82) is 0 Å². The van der Waals surface area contributed by atoms with E-state index >= 15 is 0 Å². The van der Waals surface area contributed by atoms with Crippen LogP contribution in [-0.2, 0) is 9.53 Å². The minimum Gasteiger partial charge on any atom is -0.497 e. The largest absolute Gasteiger partial charge is 0.497 e. The van der Waals surface area contributed by atoms with Gasteiger partial charge in [0.15, 0.2) is 0 Å². The zero-order chi connectivity index (χ0) is 9.80. The summed E-state index contributed by atoms with van der Waals surface area (Å²) in [5, 5.41) is 0. The molecule has 0 amide bonds. The van der Waals surface area contributed by atoms with Gasteiger partial charge in [0.25, 0.3) is 0 Å². The highest BCUT2D eigenvalue weighted by atomic mass is 16.5. The van der Waals surface area contributed by atoms with Gasteiger partial charge in [-0.05, 0) is 11.6 Å². The average Bonchev–Trinajstić information content (AvgIpc) is 2.19. The van der Waals surface area contributed by atoms with Crippen LogP contribution in [0, 0.1) is 0 Å². The van der Waals surface area contributed by atoms with Crippen molar-refractivity contribution in [2.75, 3.05) is 6.61 Å². The summed E-state index contributed by atoms with van der Waals surface area (Å²) >= 11 is 0. The van der Waals surface area contributed by atoms with Crippen LogP contribution in [-0.4, -0.2) is 12.4 Å². The van der Waals surface area contributed by atoms with Gasteiger partial charge in [-0.15, -0.1) is 0 Å². The van der Waals surface area contributed by atoms with Gasteiger partial charge in [0.1, 0.15) is 11.5 Å². The van der Waals surface area contributed by atoms with Crippen LogP contribution in [0.2, 0.25) is 0 Å². The van der Waals surface area contributed by atoms with Crippen LogP contribution in [0.1, 0.15) is 18.4 Å². The second-order valence-corrected chi connectivity index (χ2v) is 3.34. The molecule has 2 nitrogen and oxygen atoms in total. The maximum Gasteiger partial charge on any atom is 0.143 e. The molecule has 1 aromatic carbocycles. The van der Waals surface area contributed by atoms with Crippen molar-refractivity contribution in [2.24, 2.45) is 0 Å². The lowest BCUT2D eigenvalue weighted by atomic mass is 10.1. The lowest BCUT2D eigenvalue weighted by molar-refractivity contribution is -0.121. The first-order valence-electron chi connectivity index (χ1n) is 4.75. The molecule has 0 aliphatic carbocycles. The number of hydrogen-bond donors (Lipinski definition) is 0. The topological polar surface area (TPSA) is 26.3 Å². The number of Topliss-reactive ketones (excluding diaryl/α,β-unsaturated/α-hetero) is 1. The third kappa shape index (κ3) is 2.22. The van der Waals surface area contributed by atoms with Gasteiger partial charge < -0.3 is 4.74 Å². The predicted molar refractivity (Wildman–Crippen MR) is 54.6 cm³/mol. The van der Waals surface area contributed by atoms with Gasteiger partial charge >= 0.3 is 0 Å². The van der Waals surface area contributed by atoms with E-state index in [-0.39, 0.29) is 5.78 Å². The molecular weight excluding hydrogens is 176 g/mol. The Morgan fingerprint density at radius 1 is 1.21 bits per heavy atom. The Hall–Kier alpha value is -1.57. The molecule has 14 heavy (non-hydrogen) atoms. The summed E-state index contributed by atoms with van der Waals surface area (Å²) < 4.78 is 5.39. The van der Waals surface area contributed by atoms with Crippen molar-refractivity contribution in [3.8, 4) is 0 Å². The Balaban J connectivity index is 2.14. The van der Waals surface area contributed by atoms with Crippen LogP contribution in [0.15, 0.2) is 36.1 Å². The fourth-order valence-electron chi connectivity index (χ4n) is 1.46. The lowest BCUT2D eigenvalue weighted by Crippen LogP contribution is -2.12. The fraction of sp³-hybridized carbons (Fsp3) is 0.250. The molecule has 0 N–H and O–H groups in total. The fourth-order valence-corrected chi connectivity index (χ4v) is 1.46. The Bertz CT molecular complexity index is 352. The van der Waals surface area contributed by atoms with Gasteiger partial charge in [-0.1, -0.05) is 30.3 Å². The molecule has 1 aromatic rings. The SMILES string of the molecule is O=C1CCOC(=Cc2ccccc2)C1. The van der Waals surface area contributed by atoms with Crippen molar-refractivity contribution in [1.82, 2.24) is 0 Å². The van der Waals surface area contributed by atoms with Crippen LogP contribution in [0.5, 0.6) is 0 Å². The number of rotatable bonds is 1. The van der Waals surface area contributed by atoms with Crippen LogP contribution >= 0.6 is 0 Å². The number of hydrogen-bond acceptors (Lipinski definition) is 2. The van der Waals surface area contributed by atoms with Gasteiger partial charge in [-0.25, -0.2) is 0 Å². The normalized spacial score (nSPS) is 19.4. The molecule has 1 saturated heterocycles. The van der Waals surface area contributed by atoms with Gasteiger partial charge in [0.2, 0.25) is 0 Å². The maximum atomic E-state index is 11.1. The summed E-state index contributed by atoms with van der Waals surface area (Å²) in [5.74, 6) is 1.05. The third-order valence-corrected chi connectivity index (χ3v) is 2.17. The molecule has 0 radical (unpaired) electrons. The highest BCUT2D eigenvalue weighted by molar-refractivity contribution is 5.82. The number of carbonyl (C=O) groups excluding carboxylic acids is 1. The van der Waals surface area contributed by atoms with E-state index in [1.54, 1.807) is 0 Å². The molecule has 72 valence electrons. The smallest absolute Gasteiger partial charge is 0.143 e. The quantitative estimate of drug-likeness (QED) is 0.676. The molecule has 0 saturated carbocycles. The molecule has 0 atom stereocenters. The molecule has 1 aliphatic rings. The van der Waals surface area contributed by atoms with Crippen molar-refractivity contribution >= 4 is 11.9 Å². The van der Waals surface area contributed by atoms with E-state index in [0.717, 1.165) is 11.3 Å². The van der Waals surface area contributed by atoms with Crippen molar-refractivity contribution in [2.45, 2.75) is 12.8 Å². The zero-order valence-corrected chi connectivity index (χ0v) is 7.90. The summed E-state index contributed by atoms with van der Waals surface area (Å²) in [6.07, 6.45) is 2.91. The van der Waals surface area contributed by atoms with E-state index in [2.05, 4.69) is 0 Å². The molecule has 0 aromatic heterocycles. The Morgan fingerprint density at radius 2 is 2.00 bits per heavy atom. The maximum absolute atomic E-state index is 11.1. The van der Waals surface area contributed by atoms with E-state index in [0.29, 0.717) is 19.4 Å². The summed E-state index contributed by atoms with van der Waals surface area (Å²) in [5.41, 5.74) is 1.08. The Morgan fingerprint density at radius 3 is 2.71 bits per heavy atom. The molecular formula is C12H12O2. The van der Waals surface area contributed by atoms with E-state index in [1.807, 2.05) is 36.4 Å². The highest BCUT2D eigenvalue weighted by Crippen LogP contribution is 2.16. The molecule has 0 bridgehead atoms. The van der Waals surface area contributed by atoms with Gasteiger partial charge in [-0.3, -0.25) is 4.79 Å². The third-order valence-electron chi connectivity index (χ3n) is 2.17. The van der Waals surface area contributed by atoms with Crippen molar-refractivity contribution in [3.63, 3.8) is 0 Å². The summed E-state index contributed by atoms with van der Waals surface area (Å²) in [6.45, 7) is 0.525. The van der Waals surface area contributed by atoms with Crippen LogP contribution in [0.3, 0.4) is 0 Å². The Labute approximate surface area is 83.2 Å². The van der Waals surface area contributed by atoms with Gasteiger partial charge in [0.05, 0.1) is 13.0 Å². The summed E-state index contributed by atoms with van der Waals surface area (Å²) in [6, 6.07) is 9.90. The highest BCUT2D eigenvalue weighted by Gasteiger charge is 2.13. The van der Waals surface area contributed by atoms with Crippen LogP contribution < -0.4 is 0 Å². The van der Waals surface area contributed by atoms with E-state index in [4.69, 9.17) is 4.74 Å². The first kappa shape index (κ1) is 9.00. The van der Waals surface area contributed by atoms with Gasteiger partial charge in [-0.2, -0.15) is 0 Å². The molecule has 0 unspecified atom stereocenters. The Kier molecular flexibility index (Phi) is 2.63. The standard InChI is InChI=1S/C12H12O2/c13-11-6-7-14-12(9-11)8-10-4-2-1-3-5-10/h1-5,8H,6-7,9H2. The van der Waals surface area contributed by atoms with Crippen LogP contribution in [0.25, 0.3) is 6.08 Å². The van der Waals surface area contributed by atoms with E-state index < -0.39 is 0 Å². The minimum atomic E-state index is 0.262. The van der Waals surface area contributed by atoms with E-state index in [1.165, 1.54) is 0 Å². The first-order valence-corrected chi connectivity index (χ1v) is 4.75. The molecule has 1 heterocycles. The molecule has 0 spiro atoms. The first-order chi connectivity index (χ1) is 6.84. The van der Waals surface area contributed by atoms with Crippen LogP contribution in [0.4, 0.5) is 0 Å². The second kappa shape index (κ2) is 4.09. The van der Waals surface area contributed by atoms with Crippen molar-refractivity contribution < 1.29 is 9.53 Å². The molecule has 2 heteroatoms. The number of allylic oxidation sites excluding steroid dienone is 1. The zero-order valence-electron chi connectivity index (χ0n) is 7.90. The second-order valence-electron chi connectivity index (χ2n) is 3.34. The van der Waals surface area contributed by atoms with Crippen molar-refractivity contribution in [3.05, 3.63) is 41.7 Å².